The Balaban J connectivity index is 1.28. The lowest BCUT2D eigenvalue weighted by atomic mass is 9.89. The minimum absolute atomic E-state index is 0.0340. The number of nitrogens with one attached hydrogen (secondary N) is 1. The average molecular weight is 810 g/mol. The molecule has 5 rings (SSSR count). The molecule has 8 N–H and O–H groups in total. The number of nitrogen functional groups attached to an aromatic ring is 1. The predicted octanol–water partition coefficient (Wildman–Crippen LogP) is 0.877. The van der Waals surface area contributed by atoms with E-state index in [0.717, 1.165) is 41.2 Å². The number of Topliss-reactive ketones (excluding diaryl/α,β-unsaturated/α-hetero) is 2. The molecule has 0 radical (unpaired) electrons. The van der Waals surface area contributed by atoms with Gasteiger partial charge in [0.2, 0.25) is 12.0 Å². The van der Waals surface area contributed by atoms with Crippen LogP contribution >= 0.6 is 34.7 Å². The minimum Gasteiger partial charge on any atom is -0.504 e. The third kappa shape index (κ3) is 8.43. The molecule has 0 saturated carbocycles. The number of hydrogen-bond acceptors (Lipinski definition) is 15. The fourth-order valence-corrected chi connectivity index (χ4v) is 8.72. The van der Waals surface area contributed by atoms with Gasteiger partial charge in [0.25, 0.3) is 11.7 Å². The molecular weight excluding hydrogens is 776 g/mol. The molecule has 3 aliphatic rings. The number of phenols is 2. The number of amides is 2. The second-order valence-electron chi connectivity index (χ2n) is 12.7. The number of nitrogens with two attached hydrogens (primary N) is 1. The van der Waals surface area contributed by atoms with Crippen LogP contribution in [0.25, 0.3) is 0 Å². The number of hydrogen-bond donors (Lipinski definition) is 7. The maximum absolute atomic E-state index is 13.5. The number of thiazole rings is 1. The highest BCUT2D eigenvalue weighted by Gasteiger charge is 2.55. The lowest BCUT2D eigenvalue weighted by Gasteiger charge is -2.50. The second kappa shape index (κ2) is 16.4. The van der Waals surface area contributed by atoms with Crippen molar-refractivity contribution in [2.75, 3.05) is 44.2 Å². The highest BCUT2D eigenvalue weighted by molar-refractivity contribution is 8.00. The van der Waals surface area contributed by atoms with E-state index in [1.807, 2.05) is 0 Å². The maximum Gasteiger partial charge on any atom is 0.352 e. The number of likely N-dealkylation sites (tertiary alicyclic amines) is 1. The third-order valence-electron chi connectivity index (χ3n) is 9.16. The lowest BCUT2D eigenvalue weighted by molar-refractivity contribution is -0.911. The molecule has 0 bridgehead atoms. The quantitative estimate of drug-likeness (QED) is 0.0222. The number of carbonyl (C=O) groups is 7. The van der Waals surface area contributed by atoms with Gasteiger partial charge < -0.3 is 45.9 Å². The van der Waals surface area contributed by atoms with Gasteiger partial charge in [-0.3, -0.25) is 28.9 Å². The molecule has 0 spiro atoms. The smallest absolute Gasteiger partial charge is 0.352 e. The molecule has 2 saturated heterocycles. The molecule has 1 aromatic carbocycles. The zero-order chi connectivity index (χ0) is 39.5. The topological polar surface area (TPSA) is 296 Å². The molecule has 4 heterocycles. The number of oxime groups is 1. The molecule has 19 nitrogen and oxygen atoms in total. The number of aromatic hydroxyl groups is 2. The van der Waals surface area contributed by atoms with Crippen LogP contribution in [0.2, 0.25) is 5.02 Å². The van der Waals surface area contributed by atoms with Crippen LogP contribution in [0.4, 0.5) is 5.13 Å². The van der Waals surface area contributed by atoms with Crippen LogP contribution < -0.4 is 11.1 Å². The number of phenolic OH excluding ortho intramolecular Hbond substituents is 2. The van der Waals surface area contributed by atoms with Gasteiger partial charge in [-0.15, -0.1) is 23.1 Å². The van der Waals surface area contributed by atoms with Crippen LogP contribution in [-0.2, 0) is 33.6 Å². The van der Waals surface area contributed by atoms with Crippen molar-refractivity contribution in [2.24, 2.45) is 11.1 Å². The van der Waals surface area contributed by atoms with Gasteiger partial charge in [0, 0.05) is 36.0 Å². The summed E-state index contributed by atoms with van der Waals surface area (Å²) in [6.45, 7) is 1.86. The average Bonchev–Trinajstić information content (AvgIpc) is 3.77. The Morgan fingerprint density at radius 1 is 1.13 bits per heavy atom. The summed E-state index contributed by atoms with van der Waals surface area (Å²) in [5.74, 6) is -10.0. The summed E-state index contributed by atoms with van der Waals surface area (Å²) in [6, 6.07) is 2.14. The van der Waals surface area contributed by atoms with Crippen molar-refractivity contribution in [2.45, 2.75) is 37.2 Å². The molecular formula is C32H34ClN6O13S2+. The van der Waals surface area contributed by atoms with Gasteiger partial charge in [0.15, 0.2) is 28.1 Å². The monoisotopic (exact) mass is 809 g/mol. The van der Waals surface area contributed by atoms with Crippen LogP contribution in [0.3, 0.4) is 0 Å². The number of carbonyl (C=O) groups excluding carboxylic acids is 4. The molecule has 22 heteroatoms. The molecule has 1 aromatic heterocycles. The number of aliphatic carboxylic acids is 3. The highest BCUT2D eigenvalue weighted by Crippen LogP contribution is 2.46. The summed E-state index contributed by atoms with van der Waals surface area (Å²) in [6.07, 6.45) is -1.74. The number of rotatable bonds is 17. The number of quaternary nitrogens is 1. The molecule has 0 aliphatic carbocycles. The van der Waals surface area contributed by atoms with Crippen LogP contribution in [0.15, 0.2) is 33.9 Å². The minimum atomic E-state index is -1.93. The number of aromatic nitrogens is 1. The molecule has 2 amide bonds. The number of benzene rings is 1. The SMILES string of the molecule is Nc1nc(/C(=N/O[C@@H](CC(=O)O)C(=O)O)C(=O)C[C@@H]2C(=O)N3C(C(=O)O)=C(C[N+]4(CCNC(=O)C(=O)c5ccc(O)c(O)c5Cl)CCCC4)CS[C@H]23)cs1. The lowest BCUT2D eigenvalue weighted by Crippen LogP contribution is -2.63. The van der Waals surface area contributed by atoms with Gasteiger partial charge in [-0.1, -0.05) is 16.8 Å². The van der Waals surface area contributed by atoms with Gasteiger partial charge in [-0.05, 0) is 12.1 Å². The fourth-order valence-electron chi connectivity index (χ4n) is 6.53. The summed E-state index contributed by atoms with van der Waals surface area (Å²) in [5, 5.41) is 54.4. The molecule has 0 unspecified atom stereocenters. The van der Waals surface area contributed by atoms with Crippen LogP contribution in [0.1, 0.15) is 41.7 Å². The Kier molecular flexibility index (Phi) is 12.1. The predicted molar refractivity (Wildman–Crippen MR) is 190 cm³/mol. The van der Waals surface area contributed by atoms with Crippen LogP contribution in [-0.4, -0.2) is 137 Å². The van der Waals surface area contributed by atoms with Gasteiger partial charge in [0.1, 0.15) is 17.9 Å². The largest absolute Gasteiger partial charge is 0.504 e. The van der Waals surface area contributed by atoms with Crippen molar-refractivity contribution in [1.82, 2.24) is 15.2 Å². The first kappa shape index (κ1) is 39.9. The zero-order valence-electron chi connectivity index (χ0n) is 28.1. The first-order valence-corrected chi connectivity index (χ1v) is 18.5. The number of thioether (sulfide) groups is 1. The van der Waals surface area contributed by atoms with Crippen LogP contribution in [0.5, 0.6) is 11.5 Å². The summed E-state index contributed by atoms with van der Waals surface area (Å²) in [7, 11) is 0. The van der Waals surface area contributed by atoms with Crippen molar-refractivity contribution in [3.8, 4) is 11.5 Å². The van der Waals surface area contributed by atoms with E-state index in [2.05, 4.69) is 15.5 Å². The molecule has 288 valence electrons. The Bertz CT molecular complexity index is 1980. The number of β-lactam (4-membered cyclic amide) rings is 1. The summed E-state index contributed by atoms with van der Waals surface area (Å²) in [5.41, 5.74) is 5.10. The number of carboxylic acid groups (broad SMARTS) is 3. The summed E-state index contributed by atoms with van der Waals surface area (Å²) < 4.78 is 0.367. The van der Waals surface area contributed by atoms with Crippen molar-refractivity contribution in [1.29, 1.82) is 0 Å². The van der Waals surface area contributed by atoms with Crippen molar-refractivity contribution >= 4 is 86.8 Å². The number of carboxylic acids is 3. The van der Waals surface area contributed by atoms with Gasteiger partial charge in [0.05, 0.1) is 54.5 Å². The summed E-state index contributed by atoms with van der Waals surface area (Å²) >= 11 is 8.14. The molecule has 54 heavy (non-hydrogen) atoms. The van der Waals surface area contributed by atoms with Gasteiger partial charge >= 0.3 is 17.9 Å². The normalized spacial score (nSPS) is 19.8. The van der Waals surface area contributed by atoms with E-state index >= 15 is 0 Å². The number of nitrogens with zero attached hydrogens (tertiary/aromatic N) is 4. The Morgan fingerprint density at radius 3 is 2.44 bits per heavy atom. The first-order chi connectivity index (χ1) is 25.5. The standard InChI is InChI=1S/C32H33ClN6O13S2/c33-22-15(3-4-18(40)26(22)45)25(44)27(46)35-5-8-39(6-1-2-7-39)11-14-12-53-29-16(28(47)38(29)24(14)31(50)51)9-19(41)23(17-13-54-32(34)36-17)37-52-20(30(48)49)10-21(42)43/h3-4,13,16,20,29H,1-2,5-12H2,(H7-,34,35,36,37,40,41,42,43,44,45,46,48,49,50,51)/p+1/t16-,20+,29-/m1/s1. The van der Waals surface area contributed by atoms with Crippen molar-refractivity contribution < 1.29 is 68.4 Å². The van der Waals surface area contributed by atoms with E-state index in [1.54, 1.807) is 0 Å². The summed E-state index contributed by atoms with van der Waals surface area (Å²) in [4.78, 5) is 97.7. The molecule has 3 aliphatic heterocycles. The van der Waals surface area contributed by atoms with Crippen molar-refractivity contribution in [3.05, 3.63) is 45.1 Å². The van der Waals surface area contributed by atoms with Crippen LogP contribution in [0, 0.1) is 5.92 Å². The Hall–Kier alpha value is -5.25. The molecule has 3 atom stereocenters. The van der Waals surface area contributed by atoms with Gasteiger partial charge in [-0.2, -0.15) is 0 Å². The van der Waals surface area contributed by atoms with E-state index in [-0.39, 0.29) is 40.9 Å². The number of halogens is 1. The van der Waals surface area contributed by atoms with E-state index in [9.17, 15) is 54.0 Å². The molecule has 2 fully saturated rings. The molecule has 2 aromatic rings. The van der Waals surface area contributed by atoms with Crippen molar-refractivity contribution in [3.63, 3.8) is 0 Å². The Labute approximate surface area is 318 Å². The second-order valence-corrected chi connectivity index (χ2v) is 15.1. The highest BCUT2D eigenvalue weighted by atomic mass is 35.5. The third-order valence-corrected chi connectivity index (χ3v) is 11.6. The van der Waals surface area contributed by atoms with E-state index in [0.29, 0.717) is 29.7 Å². The van der Waals surface area contributed by atoms with E-state index in [1.165, 1.54) is 17.1 Å². The number of fused-ring (bicyclic) bond motifs is 1. The first-order valence-electron chi connectivity index (χ1n) is 16.2. The number of anilines is 1. The Morgan fingerprint density at radius 2 is 1.83 bits per heavy atom. The van der Waals surface area contributed by atoms with E-state index < -0.39 is 93.8 Å². The van der Waals surface area contributed by atoms with E-state index in [4.69, 9.17) is 27.3 Å². The maximum atomic E-state index is 13.5. The zero-order valence-corrected chi connectivity index (χ0v) is 30.5. The fraction of sp³-hybridized carbons (Fsp3) is 0.406. The number of ketones is 2. The van der Waals surface area contributed by atoms with Gasteiger partial charge in [-0.25, -0.2) is 14.6 Å².